The van der Waals surface area contributed by atoms with Crippen molar-refractivity contribution < 1.29 is 14.3 Å². The molecule has 0 unspecified atom stereocenters. The summed E-state index contributed by atoms with van der Waals surface area (Å²) in [4.78, 5) is 22.5. The monoisotopic (exact) mass is 304 g/mol. The summed E-state index contributed by atoms with van der Waals surface area (Å²) in [6.45, 7) is 3.55. The molecule has 0 fully saturated rings. The lowest BCUT2D eigenvalue weighted by molar-refractivity contribution is -0.128. The molecule has 104 valence electrons. The molecule has 1 atom stereocenters. The molecule has 3 amide bonds. The maximum atomic E-state index is 11.8. The fourth-order valence-corrected chi connectivity index (χ4v) is 1.85. The van der Waals surface area contributed by atoms with Crippen LogP contribution in [0.2, 0.25) is 10.0 Å². The number of rotatable bonds is 4. The summed E-state index contributed by atoms with van der Waals surface area (Å²) in [5, 5.41) is 2.72. The van der Waals surface area contributed by atoms with E-state index in [1.807, 2.05) is 5.32 Å². The minimum atomic E-state index is -0.929. The van der Waals surface area contributed by atoms with E-state index in [1.54, 1.807) is 26.0 Å². The number of nitrogens with two attached hydrogens (primary N) is 1. The fourth-order valence-electron chi connectivity index (χ4n) is 1.39. The summed E-state index contributed by atoms with van der Waals surface area (Å²) in [6.07, 6.45) is -0.883. The molecule has 0 saturated heterocycles. The number of carbonyl (C=O) groups is 2. The van der Waals surface area contributed by atoms with E-state index in [2.05, 4.69) is 0 Å². The third-order valence-electron chi connectivity index (χ3n) is 2.26. The lowest BCUT2D eigenvalue weighted by Crippen LogP contribution is -2.46. The Bertz CT molecular complexity index is 492. The number of hydrogen-bond donors (Lipinski definition) is 2. The second-order valence-corrected chi connectivity index (χ2v) is 5.05. The first-order valence-corrected chi connectivity index (χ1v) is 6.29. The highest BCUT2D eigenvalue weighted by Crippen LogP contribution is 2.29. The number of ether oxygens (including phenoxy) is 1. The van der Waals surface area contributed by atoms with Crippen molar-refractivity contribution >= 4 is 35.1 Å². The quantitative estimate of drug-likeness (QED) is 0.897. The van der Waals surface area contributed by atoms with Crippen LogP contribution in [0.4, 0.5) is 4.79 Å². The standard InChI is InChI=1S/C12H14Cl2N2O3/c1-6(2)10(11(17)16-12(15)18)19-9-4-3-7(13)5-8(9)14/h3-6,10H,1-2H3,(H3,15,16,17,18)/t10-/m1/s1. The maximum absolute atomic E-state index is 11.8. The zero-order chi connectivity index (χ0) is 14.6. The molecule has 0 heterocycles. The molecule has 0 spiro atoms. The lowest BCUT2D eigenvalue weighted by atomic mass is 10.1. The normalized spacial score (nSPS) is 12.1. The van der Waals surface area contributed by atoms with Crippen molar-refractivity contribution in [3.63, 3.8) is 0 Å². The average Bonchev–Trinajstić information content (AvgIpc) is 2.26. The fraction of sp³-hybridized carbons (Fsp3) is 0.333. The van der Waals surface area contributed by atoms with Gasteiger partial charge in [0.2, 0.25) is 0 Å². The first-order valence-electron chi connectivity index (χ1n) is 5.53. The van der Waals surface area contributed by atoms with Gasteiger partial charge in [0.05, 0.1) is 5.02 Å². The van der Waals surface area contributed by atoms with Crippen LogP contribution in [-0.4, -0.2) is 18.0 Å². The summed E-state index contributed by atoms with van der Waals surface area (Å²) < 4.78 is 5.51. The summed E-state index contributed by atoms with van der Waals surface area (Å²) in [6, 6.07) is 3.72. The Morgan fingerprint density at radius 3 is 2.42 bits per heavy atom. The van der Waals surface area contributed by atoms with Crippen molar-refractivity contribution in [2.45, 2.75) is 20.0 Å². The van der Waals surface area contributed by atoms with Crippen molar-refractivity contribution in [2.24, 2.45) is 11.7 Å². The van der Waals surface area contributed by atoms with Crippen LogP contribution in [-0.2, 0) is 4.79 Å². The SMILES string of the molecule is CC(C)[C@@H](Oc1ccc(Cl)cc1Cl)C(=O)NC(N)=O. The third kappa shape index (κ3) is 4.61. The Morgan fingerprint density at radius 2 is 1.95 bits per heavy atom. The van der Waals surface area contributed by atoms with Crippen LogP contribution in [0.3, 0.4) is 0 Å². The van der Waals surface area contributed by atoms with Crippen molar-refractivity contribution in [1.82, 2.24) is 5.32 Å². The molecule has 0 bridgehead atoms. The Balaban J connectivity index is 2.89. The largest absolute Gasteiger partial charge is 0.479 e. The van der Waals surface area contributed by atoms with E-state index in [1.165, 1.54) is 6.07 Å². The van der Waals surface area contributed by atoms with E-state index in [0.29, 0.717) is 10.8 Å². The predicted octanol–water partition coefficient (Wildman–Crippen LogP) is 2.59. The van der Waals surface area contributed by atoms with E-state index in [4.69, 9.17) is 33.7 Å². The zero-order valence-corrected chi connectivity index (χ0v) is 12.0. The maximum Gasteiger partial charge on any atom is 0.318 e. The highest BCUT2D eigenvalue weighted by molar-refractivity contribution is 6.35. The summed E-state index contributed by atoms with van der Waals surface area (Å²) in [7, 11) is 0. The van der Waals surface area contributed by atoms with E-state index in [0.717, 1.165) is 0 Å². The van der Waals surface area contributed by atoms with Gasteiger partial charge in [-0.3, -0.25) is 10.1 Å². The molecule has 0 aliphatic rings. The molecule has 1 aromatic rings. The van der Waals surface area contributed by atoms with Crippen LogP contribution in [0.25, 0.3) is 0 Å². The molecular weight excluding hydrogens is 291 g/mol. The zero-order valence-electron chi connectivity index (χ0n) is 10.4. The third-order valence-corrected chi connectivity index (χ3v) is 2.79. The number of nitrogens with one attached hydrogen (secondary N) is 1. The minimum Gasteiger partial charge on any atom is -0.479 e. The van der Waals surface area contributed by atoms with Crippen LogP contribution in [0.15, 0.2) is 18.2 Å². The summed E-state index contributed by atoms with van der Waals surface area (Å²) in [5.74, 6) is -0.482. The van der Waals surface area contributed by atoms with E-state index < -0.39 is 18.0 Å². The number of carbonyl (C=O) groups excluding carboxylic acids is 2. The number of primary amides is 1. The Hall–Kier alpha value is -1.46. The lowest BCUT2D eigenvalue weighted by Gasteiger charge is -2.21. The number of benzene rings is 1. The second kappa shape index (κ2) is 6.63. The topological polar surface area (TPSA) is 81.4 Å². The highest BCUT2D eigenvalue weighted by Gasteiger charge is 2.26. The van der Waals surface area contributed by atoms with E-state index in [-0.39, 0.29) is 10.9 Å². The molecule has 0 radical (unpaired) electrons. The molecule has 1 aromatic carbocycles. The molecule has 3 N–H and O–H groups in total. The van der Waals surface area contributed by atoms with Gasteiger partial charge in [0.25, 0.3) is 5.91 Å². The first kappa shape index (κ1) is 15.6. The van der Waals surface area contributed by atoms with Gasteiger partial charge in [0.15, 0.2) is 6.10 Å². The van der Waals surface area contributed by atoms with Crippen molar-refractivity contribution in [1.29, 1.82) is 0 Å². The molecule has 7 heteroatoms. The van der Waals surface area contributed by atoms with Gasteiger partial charge in [-0.2, -0.15) is 0 Å². The Morgan fingerprint density at radius 1 is 1.32 bits per heavy atom. The van der Waals surface area contributed by atoms with Crippen molar-refractivity contribution in [3.05, 3.63) is 28.2 Å². The predicted molar refractivity (Wildman–Crippen MR) is 73.4 cm³/mol. The van der Waals surface area contributed by atoms with Crippen LogP contribution >= 0.6 is 23.2 Å². The van der Waals surface area contributed by atoms with Gasteiger partial charge in [0.1, 0.15) is 5.75 Å². The van der Waals surface area contributed by atoms with Crippen LogP contribution in [0.5, 0.6) is 5.75 Å². The minimum absolute atomic E-state index is 0.175. The number of amides is 3. The van der Waals surface area contributed by atoms with Crippen molar-refractivity contribution in [3.8, 4) is 5.75 Å². The van der Waals surface area contributed by atoms with Gasteiger partial charge in [-0.1, -0.05) is 37.0 Å². The number of halogens is 2. The van der Waals surface area contributed by atoms with Gasteiger partial charge in [-0.15, -0.1) is 0 Å². The Kier molecular flexibility index (Phi) is 5.44. The Labute approximate surface area is 121 Å². The van der Waals surface area contributed by atoms with Crippen LogP contribution in [0.1, 0.15) is 13.8 Å². The first-order chi connectivity index (χ1) is 8.81. The average molecular weight is 305 g/mol. The number of urea groups is 1. The molecule has 19 heavy (non-hydrogen) atoms. The van der Waals surface area contributed by atoms with Gasteiger partial charge < -0.3 is 10.5 Å². The summed E-state index contributed by atoms with van der Waals surface area (Å²) >= 11 is 11.7. The molecule has 5 nitrogen and oxygen atoms in total. The highest BCUT2D eigenvalue weighted by atomic mass is 35.5. The van der Waals surface area contributed by atoms with Gasteiger partial charge in [-0.25, -0.2) is 4.79 Å². The molecule has 0 saturated carbocycles. The van der Waals surface area contributed by atoms with Gasteiger partial charge >= 0.3 is 6.03 Å². The van der Waals surface area contributed by atoms with Gasteiger partial charge in [-0.05, 0) is 24.1 Å². The van der Waals surface area contributed by atoms with Crippen LogP contribution in [0, 0.1) is 5.92 Å². The number of imide groups is 1. The van der Waals surface area contributed by atoms with Gasteiger partial charge in [0, 0.05) is 5.02 Å². The van der Waals surface area contributed by atoms with E-state index >= 15 is 0 Å². The molecule has 1 rings (SSSR count). The molecule has 0 aromatic heterocycles. The number of hydrogen-bond acceptors (Lipinski definition) is 3. The second-order valence-electron chi connectivity index (χ2n) is 4.21. The van der Waals surface area contributed by atoms with E-state index in [9.17, 15) is 9.59 Å². The van der Waals surface area contributed by atoms with Crippen molar-refractivity contribution in [2.75, 3.05) is 0 Å². The molecule has 0 aliphatic carbocycles. The van der Waals surface area contributed by atoms with Crippen LogP contribution < -0.4 is 15.8 Å². The molecular formula is C12H14Cl2N2O3. The summed E-state index contributed by atoms with van der Waals surface area (Å²) in [5.41, 5.74) is 4.90. The smallest absolute Gasteiger partial charge is 0.318 e. The molecule has 0 aliphatic heterocycles.